The summed E-state index contributed by atoms with van der Waals surface area (Å²) in [6, 6.07) is 14.4. The molecule has 6 fully saturated rings. The highest BCUT2D eigenvalue weighted by atomic mass is 16.5. The number of alkyl carbamates (subject to hydrolysis) is 2. The molecule has 10 atom stereocenters. The fourth-order valence-corrected chi connectivity index (χ4v) is 14.8. The number of aromatic nitrogens is 4. The zero-order chi connectivity index (χ0) is 49.1. The lowest BCUT2D eigenvalue weighted by atomic mass is 9.77. The van der Waals surface area contributed by atoms with Gasteiger partial charge in [-0.25, -0.2) is 19.6 Å². The minimum absolute atomic E-state index is 0.0140. The van der Waals surface area contributed by atoms with Crippen LogP contribution in [0.5, 0.6) is 0 Å². The van der Waals surface area contributed by atoms with Crippen molar-refractivity contribution in [3.63, 3.8) is 0 Å². The summed E-state index contributed by atoms with van der Waals surface area (Å²) in [7, 11) is 2.67. The molecule has 6 unspecified atom stereocenters. The Hall–Kier alpha value is -6.22. The molecule has 72 heavy (non-hydrogen) atoms. The number of carbonyl (C=O) groups is 4. The third kappa shape index (κ3) is 7.44. The van der Waals surface area contributed by atoms with E-state index in [1.165, 1.54) is 78.0 Å². The summed E-state index contributed by atoms with van der Waals surface area (Å²) in [6.07, 6.45) is 15.0. The Morgan fingerprint density at radius 2 is 1.39 bits per heavy atom. The molecule has 4 aliphatic carbocycles. The molecule has 15 heteroatoms. The van der Waals surface area contributed by atoms with Gasteiger partial charge in [0, 0.05) is 18.2 Å². The van der Waals surface area contributed by atoms with Crippen LogP contribution in [0.2, 0.25) is 0 Å². The largest absolute Gasteiger partial charge is 0.453 e. The van der Waals surface area contributed by atoms with Crippen molar-refractivity contribution in [1.29, 1.82) is 0 Å². The first-order valence-electron chi connectivity index (χ1n) is 26.9. The van der Waals surface area contributed by atoms with Gasteiger partial charge in [0.2, 0.25) is 11.8 Å². The number of carbonyl (C=O) groups excluding carboxylic acids is 4. The third-order valence-electron chi connectivity index (χ3n) is 18.2. The molecule has 4 aliphatic heterocycles. The molecular weight excluding hydrogens is 909 g/mol. The van der Waals surface area contributed by atoms with Gasteiger partial charge in [-0.3, -0.25) is 9.59 Å². The average molecular weight is 975 g/mol. The van der Waals surface area contributed by atoms with Gasteiger partial charge in [0.1, 0.15) is 23.7 Å². The van der Waals surface area contributed by atoms with Gasteiger partial charge in [-0.2, -0.15) is 0 Å². The molecule has 3 aromatic carbocycles. The molecule has 6 heterocycles. The second kappa shape index (κ2) is 17.8. The monoisotopic (exact) mass is 975 g/mol. The lowest BCUT2D eigenvalue weighted by molar-refractivity contribution is -0.137. The van der Waals surface area contributed by atoms with Crippen molar-refractivity contribution in [3.05, 3.63) is 82.6 Å². The van der Waals surface area contributed by atoms with E-state index in [-0.39, 0.29) is 54.0 Å². The van der Waals surface area contributed by atoms with Crippen LogP contribution in [0, 0.1) is 17.8 Å². The fourth-order valence-electron chi connectivity index (χ4n) is 14.8. The maximum atomic E-state index is 14.4. The SMILES string of the molecule is COC(=O)N[C@H](C(=O)N1C2CC2C[C@H]1c1nc2ccc(-c3ccc(-c4ccc(-c5cnc([C@@H]6CCCN6C(=O)[C@@H](NC(=O)OC)C6CCCCC6)[nH]5)c5c4C4CCC5O4)c4c3C3CCC4C3)cc2[nH]1)C(C)C. The molecule has 376 valence electrons. The first kappa shape index (κ1) is 45.6. The number of nitrogens with one attached hydrogen (secondary N) is 4. The van der Waals surface area contributed by atoms with E-state index in [1.807, 2.05) is 29.8 Å². The van der Waals surface area contributed by atoms with Crippen LogP contribution in [-0.4, -0.2) is 92.6 Å². The predicted octanol–water partition coefficient (Wildman–Crippen LogP) is 10.6. The molecule has 13 rings (SSSR count). The number of aromatic amines is 2. The number of nitrogens with zero attached hydrogens (tertiary/aromatic N) is 4. The van der Waals surface area contributed by atoms with Crippen molar-refractivity contribution >= 4 is 35.0 Å². The average Bonchev–Trinajstić information content (AvgIpc) is 4.24. The number of ether oxygens (including phenoxy) is 3. The number of benzene rings is 3. The molecule has 4 N–H and O–H groups in total. The number of hydrogen-bond acceptors (Lipinski definition) is 9. The van der Waals surface area contributed by atoms with Gasteiger partial charge >= 0.3 is 12.2 Å². The first-order valence-corrected chi connectivity index (χ1v) is 26.9. The smallest absolute Gasteiger partial charge is 0.407 e. The number of likely N-dealkylation sites (tertiary alicyclic amines) is 2. The van der Waals surface area contributed by atoms with E-state index < -0.39 is 24.3 Å². The molecule has 4 amide bonds. The molecular formula is C57H66N8O7. The molecule has 4 bridgehead atoms. The van der Waals surface area contributed by atoms with Crippen LogP contribution in [0.4, 0.5) is 9.59 Å². The molecule has 5 aromatic rings. The summed E-state index contributed by atoms with van der Waals surface area (Å²) < 4.78 is 16.7. The molecule has 0 spiro atoms. The van der Waals surface area contributed by atoms with Crippen molar-refractivity contribution < 1.29 is 33.4 Å². The van der Waals surface area contributed by atoms with Gasteiger partial charge in [-0.05, 0) is 157 Å². The van der Waals surface area contributed by atoms with E-state index in [4.69, 9.17) is 24.2 Å². The van der Waals surface area contributed by atoms with Crippen LogP contribution >= 0.6 is 0 Å². The second-order valence-corrected chi connectivity index (χ2v) is 22.5. The van der Waals surface area contributed by atoms with Crippen LogP contribution in [-0.2, 0) is 23.8 Å². The quantitative estimate of drug-likeness (QED) is 0.100. The van der Waals surface area contributed by atoms with Crippen molar-refractivity contribution in [2.45, 2.75) is 158 Å². The highest BCUT2D eigenvalue weighted by Gasteiger charge is 2.56. The molecule has 3 saturated carbocycles. The van der Waals surface area contributed by atoms with Crippen LogP contribution in [0.3, 0.4) is 0 Å². The normalized spacial score (nSPS) is 27.5. The zero-order valence-corrected chi connectivity index (χ0v) is 41.8. The number of imidazole rings is 2. The Kier molecular flexibility index (Phi) is 11.3. The Bertz CT molecular complexity index is 3010. The summed E-state index contributed by atoms with van der Waals surface area (Å²) in [5.41, 5.74) is 14.5. The zero-order valence-electron chi connectivity index (χ0n) is 41.8. The lowest BCUT2D eigenvalue weighted by Crippen LogP contribution is -2.52. The summed E-state index contributed by atoms with van der Waals surface area (Å²) in [4.78, 5) is 74.7. The van der Waals surface area contributed by atoms with Gasteiger partial charge in [-0.15, -0.1) is 0 Å². The van der Waals surface area contributed by atoms with Gasteiger partial charge in [0.05, 0.1) is 61.4 Å². The number of rotatable bonds is 11. The summed E-state index contributed by atoms with van der Waals surface area (Å²) in [5.74, 6) is 2.90. The third-order valence-corrected chi connectivity index (χ3v) is 18.2. The Labute approximate surface area is 419 Å². The van der Waals surface area contributed by atoms with E-state index in [0.29, 0.717) is 24.3 Å². The van der Waals surface area contributed by atoms with Crippen LogP contribution in [0.15, 0.2) is 48.7 Å². The number of piperidine rings is 1. The highest BCUT2D eigenvalue weighted by Crippen LogP contribution is 2.62. The van der Waals surface area contributed by atoms with Gasteiger partial charge in [-0.1, -0.05) is 63.4 Å². The molecule has 15 nitrogen and oxygen atoms in total. The first-order chi connectivity index (χ1) is 35.1. The van der Waals surface area contributed by atoms with Crippen LogP contribution in [0.25, 0.3) is 44.5 Å². The van der Waals surface area contributed by atoms with E-state index in [9.17, 15) is 19.2 Å². The second-order valence-electron chi connectivity index (χ2n) is 22.5. The van der Waals surface area contributed by atoms with E-state index >= 15 is 0 Å². The van der Waals surface area contributed by atoms with Gasteiger partial charge in [0.25, 0.3) is 0 Å². The Morgan fingerprint density at radius 3 is 2.14 bits per heavy atom. The van der Waals surface area contributed by atoms with Crippen LogP contribution < -0.4 is 10.6 Å². The standard InChI is InChI=1S/C57H66N8O7/c1-28(2)50(62-56(68)70-3)55(67)65-42-25-33(42)26-43(65)53-59-38-19-14-30(24-39(38)60-53)34-15-16-35(47-32-13-12-31(23-32)46(34)47)36-17-18-37(49-45-21-20-44(72-45)48(36)49)40-27-58-52(61-40)41-11-8-22-64(41)54(66)51(63-57(69)71-4)29-9-6-5-7-10-29/h14-19,24,27-29,31-33,41-45,50-51H,5-13,20-23,25-26H2,1-4H3,(H,58,61)(H,59,60)(H,62,68)(H,63,69)/t31?,32?,33?,41-,42?,43-,44?,45?,50-,51-/m0/s1. The number of amides is 4. The van der Waals surface area contributed by atoms with E-state index in [2.05, 4.69) is 63.1 Å². The van der Waals surface area contributed by atoms with Crippen molar-refractivity contribution in [1.82, 2.24) is 40.4 Å². The molecule has 2 aromatic heterocycles. The van der Waals surface area contributed by atoms with Crippen molar-refractivity contribution in [2.75, 3.05) is 20.8 Å². The van der Waals surface area contributed by atoms with E-state index in [1.54, 1.807) is 0 Å². The lowest BCUT2D eigenvalue weighted by Gasteiger charge is -2.34. The number of methoxy groups -OCH3 is 2. The summed E-state index contributed by atoms with van der Waals surface area (Å²) in [5, 5.41) is 5.72. The Balaban J connectivity index is 0.804. The number of H-pyrrole nitrogens is 2. The topological polar surface area (TPSA) is 184 Å². The van der Waals surface area contributed by atoms with Crippen LogP contribution in [0.1, 0.15) is 174 Å². The van der Waals surface area contributed by atoms with Crippen molar-refractivity contribution in [3.8, 4) is 33.5 Å². The minimum Gasteiger partial charge on any atom is -0.453 e. The maximum Gasteiger partial charge on any atom is 0.407 e. The van der Waals surface area contributed by atoms with Crippen molar-refractivity contribution in [2.24, 2.45) is 17.8 Å². The predicted molar refractivity (Wildman–Crippen MR) is 270 cm³/mol. The molecule has 3 saturated heterocycles. The van der Waals surface area contributed by atoms with E-state index in [0.717, 1.165) is 105 Å². The summed E-state index contributed by atoms with van der Waals surface area (Å²) >= 11 is 0. The van der Waals surface area contributed by atoms with Gasteiger partial charge in [0.15, 0.2) is 0 Å². The Morgan fingerprint density at radius 1 is 0.694 bits per heavy atom. The highest BCUT2D eigenvalue weighted by molar-refractivity contribution is 5.90. The van der Waals surface area contributed by atoms with Gasteiger partial charge < -0.3 is 44.6 Å². The maximum absolute atomic E-state index is 14.4. The number of hydrogen-bond donors (Lipinski definition) is 4. The summed E-state index contributed by atoms with van der Waals surface area (Å²) in [6.45, 7) is 4.52. The molecule has 8 aliphatic rings. The minimum atomic E-state index is -0.681. The fraction of sp³-hybridized carbons (Fsp3) is 0.544. The molecule has 0 radical (unpaired) electrons. The number of fused-ring (bicyclic) bond motifs is 12.